The van der Waals surface area contributed by atoms with Gasteiger partial charge in [0, 0.05) is 0 Å². The van der Waals surface area contributed by atoms with Crippen molar-refractivity contribution in [2.24, 2.45) is 0 Å². The molecule has 12 rings (SSSR count). The second-order valence-corrected chi connectivity index (χ2v) is 14.7. The lowest BCUT2D eigenvalue weighted by Gasteiger charge is -2.13. The third kappa shape index (κ3) is 4.14. The first-order valence-corrected chi connectivity index (χ1v) is 18.8. The lowest BCUT2D eigenvalue weighted by atomic mass is 9.89. The maximum Gasteiger partial charge on any atom is -0.00137 e. The van der Waals surface area contributed by atoms with Crippen molar-refractivity contribution in [2.75, 3.05) is 0 Å². The minimum Gasteiger partial charge on any atom is -0.0622 e. The molecule has 0 nitrogen and oxygen atoms in total. The van der Waals surface area contributed by atoms with E-state index in [-0.39, 0.29) is 0 Å². The fourth-order valence-electron chi connectivity index (χ4n) is 9.54. The van der Waals surface area contributed by atoms with E-state index in [4.69, 9.17) is 0 Å². The lowest BCUT2D eigenvalue weighted by Crippen LogP contribution is -1.86. The molecule has 0 heteroatoms. The molecule has 0 N–H and O–H groups in total. The summed E-state index contributed by atoms with van der Waals surface area (Å²) in [6.07, 6.45) is 0. The third-order valence-corrected chi connectivity index (χ3v) is 11.9. The summed E-state index contributed by atoms with van der Waals surface area (Å²) in [7, 11) is 0. The molecule has 0 heterocycles. The molecule has 12 aromatic rings. The molecular formula is C54H32. The smallest absolute Gasteiger partial charge is 0.00137 e. The van der Waals surface area contributed by atoms with E-state index in [1.807, 2.05) is 0 Å². The van der Waals surface area contributed by atoms with Crippen LogP contribution in [-0.4, -0.2) is 0 Å². The number of benzene rings is 10. The van der Waals surface area contributed by atoms with Gasteiger partial charge in [-0.15, -0.1) is 0 Å². The molecule has 0 fully saturated rings. The Bertz CT molecular complexity index is 3150. The fraction of sp³-hybridized carbons (Fsp3) is 0. The van der Waals surface area contributed by atoms with Gasteiger partial charge in [0.1, 0.15) is 0 Å². The van der Waals surface area contributed by atoms with Crippen LogP contribution < -0.4 is 0 Å². The van der Waals surface area contributed by atoms with Crippen LogP contribution in [0.25, 0.3) is 120 Å². The van der Waals surface area contributed by atoms with Gasteiger partial charge in [0.15, 0.2) is 0 Å². The zero-order valence-corrected chi connectivity index (χ0v) is 29.5. The number of hydrogen-bond donors (Lipinski definition) is 0. The highest BCUT2D eigenvalue weighted by atomic mass is 14.3. The lowest BCUT2D eigenvalue weighted by molar-refractivity contribution is 1.65. The average Bonchev–Trinajstić information content (AvgIpc) is 3.76. The van der Waals surface area contributed by atoms with Crippen molar-refractivity contribution in [3.63, 3.8) is 0 Å². The van der Waals surface area contributed by atoms with Gasteiger partial charge in [-0.05, 0) is 144 Å². The Morgan fingerprint density at radius 2 is 0.481 bits per heavy atom. The minimum atomic E-state index is 1.24. The van der Waals surface area contributed by atoms with Crippen molar-refractivity contribution in [1.29, 1.82) is 0 Å². The van der Waals surface area contributed by atoms with E-state index in [2.05, 4.69) is 194 Å². The van der Waals surface area contributed by atoms with E-state index in [0.717, 1.165) is 0 Å². The van der Waals surface area contributed by atoms with Gasteiger partial charge in [0.05, 0.1) is 0 Å². The Labute approximate surface area is 312 Å². The molecule has 248 valence electrons. The van der Waals surface area contributed by atoms with E-state index >= 15 is 0 Å². The first-order valence-electron chi connectivity index (χ1n) is 18.8. The minimum absolute atomic E-state index is 1.24. The topological polar surface area (TPSA) is 0 Å². The van der Waals surface area contributed by atoms with Gasteiger partial charge in [-0.1, -0.05) is 170 Å². The molecule has 12 aromatic carbocycles. The summed E-state index contributed by atoms with van der Waals surface area (Å²) in [5.74, 6) is 0. The third-order valence-electron chi connectivity index (χ3n) is 11.9. The van der Waals surface area contributed by atoms with Crippen molar-refractivity contribution in [2.45, 2.75) is 0 Å². The Kier molecular flexibility index (Phi) is 6.15. The van der Waals surface area contributed by atoms with Crippen LogP contribution in [-0.2, 0) is 0 Å². The zero-order chi connectivity index (χ0) is 35.3. The zero-order valence-electron chi connectivity index (χ0n) is 29.5. The molecule has 0 aliphatic rings. The average molecular weight is 681 g/mol. The summed E-state index contributed by atoms with van der Waals surface area (Å²) in [5, 5.41) is 18.5. The van der Waals surface area contributed by atoms with E-state index in [1.165, 1.54) is 120 Å². The maximum absolute atomic E-state index is 2.51. The number of fused-ring (bicyclic) bond motifs is 9. The summed E-state index contributed by atoms with van der Waals surface area (Å²) in [6, 6.07) is 72.1. The SMILES string of the molecule is c1ccc(-c2ccc3c(c2)c2cc4c(cc5c6cc(-c7ccccc7)ccc6c6c(-c7ccccc7)ccc4c56)c4ccc(-c5ccccc5)c3c42)cc1. The van der Waals surface area contributed by atoms with Crippen LogP contribution >= 0.6 is 0 Å². The molecule has 0 spiro atoms. The Balaban J connectivity index is 1.26. The molecule has 0 aliphatic heterocycles. The summed E-state index contributed by atoms with van der Waals surface area (Å²) < 4.78 is 0. The standard InChI is InChI=1S/C54H32/c1-5-13-33(14-6-1)37-21-23-41-45(29-37)49-31-47-44-28-26-40(36-19-11-4-12-20-36)52-42-24-22-38(34-15-7-2-8-16-34)30-46(42)50(54(44)52)32-48(47)43-27-25-39(51(41)53(43)49)35-17-9-3-10-18-35/h1-32H. The molecule has 0 radical (unpaired) electrons. The van der Waals surface area contributed by atoms with Crippen molar-refractivity contribution in [3.8, 4) is 44.5 Å². The van der Waals surface area contributed by atoms with Gasteiger partial charge in [0.2, 0.25) is 0 Å². The van der Waals surface area contributed by atoms with E-state index < -0.39 is 0 Å². The first-order chi connectivity index (χ1) is 26.8. The Morgan fingerprint density at radius 1 is 0.167 bits per heavy atom. The van der Waals surface area contributed by atoms with Gasteiger partial charge in [-0.2, -0.15) is 0 Å². The van der Waals surface area contributed by atoms with E-state index in [1.54, 1.807) is 0 Å². The molecule has 0 saturated heterocycles. The highest BCUT2D eigenvalue weighted by molar-refractivity contribution is 6.43. The molecule has 0 saturated carbocycles. The van der Waals surface area contributed by atoms with Crippen LogP contribution in [0.5, 0.6) is 0 Å². The number of hydrogen-bond acceptors (Lipinski definition) is 0. The summed E-state index contributed by atoms with van der Waals surface area (Å²) in [5.41, 5.74) is 10.0. The summed E-state index contributed by atoms with van der Waals surface area (Å²) >= 11 is 0. The maximum atomic E-state index is 2.51. The molecule has 0 atom stereocenters. The van der Waals surface area contributed by atoms with Crippen molar-refractivity contribution < 1.29 is 0 Å². The second-order valence-electron chi connectivity index (χ2n) is 14.7. The highest BCUT2D eigenvalue weighted by Crippen LogP contribution is 2.51. The van der Waals surface area contributed by atoms with Gasteiger partial charge in [0.25, 0.3) is 0 Å². The quantitative estimate of drug-likeness (QED) is 0.162. The largest absolute Gasteiger partial charge is 0.0622 e. The second kappa shape index (κ2) is 11.2. The van der Waals surface area contributed by atoms with Crippen molar-refractivity contribution >= 4 is 75.4 Å². The molecule has 0 aromatic heterocycles. The normalized spacial score (nSPS) is 12.1. The van der Waals surface area contributed by atoms with Gasteiger partial charge < -0.3 is 0 Å². The van der Waals surface area contributed by atoms with Gasteiger partial charge >= 0.3 is 0 Å². The van der Waals surface area contributed by atoms with Crippen LogP contribution in [0, 0.1) is 0 Å². The predicted octanol–water partition coefficient (Wildman–Crippen LogP) is 15.3. The molecule has 0 unspecified atom stereocenters. The molecule has 0 amide bonds. The Hall–Kier alpha value is -7.02. The van der Waals surface area contributed by atoms with E-state index in [0.29, 0.717) is 0 Å². The first kappa shape index (κ1) is 29.5. The summed E-state index contributed by atoms with van der Waals surface area (Å²) in [4.78, 5) is 0. The fourth-order valence-corrected chi connectivity index (χ4v) is 9.54. The van der Waals surface area contributed by atoms with Crippen LogP contribution in [0.3, 0.4) is 0 Å². The monoisotopic (exact) mass is 680 g/mol. The van der Waals surface area contributed by atoms with Gasteiger partial charge in [-0.25, -0.2) is 0 Å². The molecule has 54 heavy (non-hydrogen) atoms. The molecule has 0 bridgehead atoms. The summed E-state index contributed by atoms with van der Waals surface area (Å²) in [6.45, 7) is 0. The van der Waals surface area contributed by atoms with Crippen LogP contribution in [0.1, 0.15) is 0 Å². The van der Waals surface area contributed by atoms with Gasteiger partial charge in [-0.3, -0.25) is 0 Å². The molecular weight excluding hydrogens is 649 g/mol. The van der Waals surface area contributed by atoms with Crippen molar-refractivity contribution in [1.82, 2.24) is 0 Å². The predicted molar refractivity (Wildman–Crippen MR) is 233 cm³/mol. The van der Waals surface area contributed by atoms with Crippen LogP contribution in [0.15, 0.2) is 194 Å². The Morgan fingerprint density at radius 3 is 0.870 bits per heavy atom. The highest BCUT2D eigenvalue weighted by Gasteiger charge is 2.23. The van der Waals surface area contributed by atoms with Crippen LogP contribution in [0.4, 0.5) is 0 Å². The number of rotatable bonds is 4. The van der Waals surface area contributed by atoms with Crippen molar-refractivity contribution in [3.05, 3.63) is 194 Å². The van der Waals surface area contributed by atoms with E-state index in [9.17, 15) is 0 Å². The van der Waals surface area contributed by atoms with Crippen LogP contribution in [0.2, 0.25) is 0 Å². The molecule has 0 aliphatic carbocycles.